The van der Waals surface area contributed by atoms with Crippen LogP contribution in [0.2, 0.25) is 0 Å². The lowest BCUT2D eigenvalue weighted by atomic mass is 9.94. The van der Waals surface area contributed by atoms with Crippen molar-refractivity contribution in [3.8, 4) is 45.6 Å². The molecule has 0 atom stereocenters. The minimum Gasteiger partial charge on any atom is -0.247 e. The Labute approximate surface area is 235 Å². The first kappa shape index (κ1) is 24.9. The summed E-state index contributed by atoms with van der Waals surface area (Å²) in [7, 11) is 0. The molecule has 9 heteroatoms. The molecule has 2 heterocycles. The third-order valence-electron chi connectivity index (χ3n) is 7.28. The number of halogens is 3. The predicted octanol–water partition coefficient (Wildman–Crippen LogP) is 8.09. The number of benzene rings is 5. The van der Waals surface area contributed by atoms with Gasteiger partial charge in [0.05, 0.1) is 16.8 Å². The van der Waals surface area contributed by atoms with Gasteiger partial charge in [-0.3, -0.25) is 0 Å². The van der Waals surface area contributed by atoms with Crippen molar-refractivity contribution in [3.63, 3.8) is 0 Å². The Balaban J connectivity index is 1.40. The van der Waals surface area contributed by atoms with Crippen LogP contribution in [-0.2, 0) is 0 Å². The molecule has 0 aliphatic heterocycles. The first-order chi connectivity index (χ1) is 20.5. The second-order valence-electron chi connectivity index (χ2n) is 9.55. The van der Waals surface area contributed by atoms with E-state index in [1.54, 1.807) is 12.1 Å². The van der Waals surface area contributed by atoms with Gasteiger partial charge in [0.2, 0.25) is 0 Å². The monoisotopic (exact) mass is 553 g/mol. The van der Waals surface area contributed by atoms with Gasteiger partial charge in [0.1, 0.15) is 34.3 Å². The summed E-state index contributed by atoms with van der Waals surface area (Å²) in [6, 6.07) is 28.2. The van der Waals surface area contributed by atoms with Crippen molar-refractivity contribution >= 4 is 32.7 Å². The van der Waals surface area contributed by atoms with Gasteiger partial charge in [-0.15, -0.1) is 0 Å². The van der Waals surface area contributed by atoms with E-state index in [-0.39, 0.29) is 5.56 Å². The smallest absolute Gasteiger partial charge is 0.164 e. The van der Waals surface area contributed by atoms with Crippen molar-refractivity contribution in [2.24, 2.45) is 0 Å². The summed E-state index contributed by atoms with van der Waals surface area (Å²) in [5, 5.41) is 29.1. The number of rotatable bonds is 3. The van der Waals surface area contributed by atoms with E-state index in [4.69, 9.17) is 9.61 Å². The quantitative estimate of drug-likeness (QED) is 0.205. The Kier molecular flexibility index (Phi) is 5.67. The first-order valence-corrected chi connectivity index (χ1v) is 12.7. The molecule has 0 bridgehead atoms. The van der Waals surface area contributed by atoms with Crippen LogP contribution in [0.5, 0.6) is 0 Å². The van der Waals surface area contributed by atoms with E-state index in [9.17, 15) is 23.7 Å². The lowest BCUT2D eigenvalue weighted by molar-refractivity contribution is 0.316. The van der Waals surface area contributed by atoms with E-state index in [1.165, 1.54) is 24.3 Å². The van der Waals surface area contributed by atoms with Gasteiger partial charge in [0, 0.05) is 21.7 Å². The minimum absolute atomic E-state index is 0.0546. The van der Waals surface area contributed by atoms with Crippen LogP contribution in [0.25, 0.3) is 66.2 Å². The van der Waals surface area contributed by atoms with Gasteiger partial charge < -0.3 is 0 Å². The Morgan fingerprint density at radius 3 is 1.93 bits per heavy atom. The van der Waals surface area contributed by atoms with Crippen molar-refractivity contribution in [1.82, 2.24) is 15.3 Å². The molecule has 0 aliphatic rings. The molecule has 6 nitrogen and oxygen atoms in total. The third kappa shape index (κ3) is 3.69. The second-order valence-corrected chi connectivity index (χ2v) is 9.55. The van der Waals surface area contributed by atoms with Crippen LogP contribution >= 0.6 is 0 Å². The largest absolute Gasteiger partial charge is 0.247 e. The lowest BCUT2D eigenvalue weighted by Gasteiger charge is -2.12. The number of fused-ring (bicyclic) bond motifs is 5. The van der Waals surface area contributed by atoms with E-state index in [0.29, 0.717) is 22.1 Å². The highest BCUT2D eigenvalue weighted by molar-refractivity contribution is 6.20. The summed E-state index contributed by atoms with van der Waals surface area (Å²) in [6.07, 6.45) is 0. The molecule has 5 aromatic carbocycles. The van der Waals surface area contributed by atoms with Gasteiger partial charge in [-0.25, -0.2) is 22.8 Å². The summed E-state index contributed by atoms with van der Waals surface area (Å²) in [4.78, 5) is 5.01. The summed E-state index contributed by atoms with van der Waals surface area (Å²) >= 11 is 0. The molecule has 42 heavy (non-hydrogen) atoms. The Morgan fingerprint density at radius 2 is 1.24 bits per heavy atom. The highest BCUT2D eigenvalue weighted by Gasteiger charge is 2.26. The summed E-state index contributed by atoms with van der Waals surface area (Å²) in [5.41, 5.74) is 2.50. The van der Waals surface area contributed by atoms with Crippen molar-refractivity contribution in [1.29, 1.82) is 10.5 Å². The molecule has 0 saturated heterocycles. The van der Waals surface area contributed by atoms with Crippen LogP contribution in [0.3, 0.4) is 0 Å². The summed E-state index contributed by atoms with van der Waals surface area (Å²) in [5.74, 6) is -4.23. The molecule has 0 amide bonds. The lowest BCUT2D eigenvalue weighted by Crippen LogP contribution is -2.03. The Morgan fingerprint density at radius 1 is 0.595 bits per heavy atom. The van der Waals surface area contributed by atoms with E-state index < -0.39 is 34.1 Å². The maximum absolute atomic E-state index is 15.0. The molecule has 2 aromatic heterocycles. The highest BCUT2D eigenvalue weighted by Crippen LogP contribution is 2.38. The highest BCUT2D eigenvalue weighted by atomic mass is 19.1. The number of hydrogen-bond donors (Lipinski definition) is 0. The van der Waals surface area contributed by atoms with Gasteiger partial charge in [0.25, 0.3) is 0 Å². The van der Waals surface area contributed by atoms with Crippen molar-refractivity contribution in [2.45, 2.75) is 0 Å². The molecule has 0 aliphatic carbocycles. The fraction of sp³-hybridized carbons (Fsp3) is 0. The molecule has 0 spiro atoms. The van der Waals surface area contributed by atoms with E-state index >= 15 is 0 Å². The van der Waals surface area contributed by atoms with Gasteiger partial charge in [-0.2, -0.15) is 10.5 Å². The van der Waals surface area contributed by atoms with Crippen LogP contribution < -0.4 is 0 Å². The molecule has 0 unspecified atom stereocenters. The van der Waals surface area contributed by atoms with Crippen LogP contribution in [0.15, 0.2) is 89.6 Å². The Bertz CT molecular complexity index is 2260. The SMILES string of the molecule is N#Cc1c(F)c(C#N)c(F)c(-c2ccc(-c3ccc4c(c3)nc(-c3ccccc3)c3ccc5nonc5c34)cc2)c1F. The normalized spacial score (nSPS) is 11.2. The molecule has 0 radical (unpaired) electrons. The molecule has 0 N–H and O–H groups in total. The number of hydrogen-bond acceptors (Lipinski definition) is 6. The van der Waals surface area contributed by atoms with Crippen molar-refractivity contribution < 1.29 is 17.8 Å². The molecule has 7 aromatic rings. The number of aromatic nitrogens is 3. The number of nitrogens with zero attached hydrogens (tertiary/aromatic N) is 5. The molecular weight excluding hydrogens is 539 g/mol. The molecule has 198 valence electrons. The zero-order chi connectivity index (χ0) is 29.0. The van der Waals surface area contributed by atoms with E-state index in [2.05, 4.69) is 10.3 Å². The fourth-order valence-corrected chi connectivity index (χ4v) is 5.28. The van der Waals surface area contributed by atoms with Crippen LogP contribution in [0.4, 0.5) is 13.2 Å². The Hall–Kier alpha value is -6.06. The zero-order valence-corrected chi connectivity index (χ0v) is 21.4. The maximum atomic E-state index is 15.0. The summed E-state index contributed by atoms with van der Waals surface area (Å²) in [6.45, 7) is 0. The standard InChI is InChI=1S/C33H14F3N5O/c34-29-23(15-37)30(35)27(31(36)24(29)16-38)18-8-6-17(7-9-18)20-10-11-21-26(14-20)39-32(19-4-2-1-3-5-19)22-12-13-25-33(28(21)22)41-42-40-25/h1-14H. The fourth-order valence-electron chi connectivity index (χ4n) is 5.28. The minimum atomic E-state index is -1.51. The number of pyridine rings is 1. The predicted molar refractivity (Wildman–Crippen MR) is 150 cm³/mol. The number of nitriles is 2. The van der Waals surface area contributed by atoms with Gasteiger partial charge in [0.15, 0.2) is 17.5 Å². The van der Waals surface area contributed by atoms with Gasteiger partial charge >= 0.3 is 0 Å². The maximum Gasteiger partial charge on any atom is 0.164 e. The third-order valence-corrected chi connectivity index (χ3v) is 7.28. The molecule has 7 rings (SSSR count). The second kappa shape index (κ2) is 9.54. The van der Waals surface area contributed by atoms with Crippen molar-refractivity contribution in [2.75, 3.05) is 0 Å². The van der Waals surface area contributed by atoms with Crippen molar-refractivity contribution in [3.05, 3.63) is 114 Å². The van der Waals surface area contributed by atoms with Gasteiger partial charge in [-0.1, -0.05) is 66.7 Å². The average molecular weight is 554 g/mol. The van der Waals surface area contributed by atoms with Crippen LogP contribution in [-0.4, -0.2) is 15.3 Å². The van der Waals surface area contributed by atoms with Crippen LogP contribution in [0, 0.1) is 40.1 Å². The average Bonchev–Trinajstić information content (AvgIpc) is 3.51. The zero-order valence-electron chi connectivity index (χ0n) is 21.4. The van der Waals surface area contributed by atoms with E-state index in [1.807, 2.05) is 60.7 Å². The summed E-state index contributed by atoms with van der Waals surface area (Å²) < 4.78 is 49.2. The topological polar surface area (TPSA) is 99.4 Å². The molecule has 0 saturated carbocycles. The van der Waals surface area contributed by atoms with Crippen LogP contribution in [0.1, 0.15) is 11.1 Å². The van der Waals surface area contributed by atoms with E-state index in [0.717, 1.165) is 33.0 Å². The molecule has 0 fully saturated rings. The van der Waals surface area contributed by atoms with Gasteiger partial charge in [-0.05, 0) is 45.2 Å². The first-order valence-electron chi connectivity index (χ1n) is 12.7. The molecular formula is C33H14F3N5O.